The van der Waals surface area contributed by atoms with Crippen molar-refractivity contribution in [2.24, 2.45) is 12.9 Å². The minimum absolute atomic E-state index is 0.310. The van der Waals surface area contributed by atoms with Gasteiger partial charge in [0.15, 0.2) is 0 Å². The fraction of sp³-hybridized carbons (Fsp3) is 0.769. The number of hydrazine groups is 1. The van der Waals surface area contributed by atoms with Gasteiger partial charge in [0, 0.05) is 38.5 Å². The summed E-state index contributed by atoms with van der Waals surface area (Å²) < 4.78 is 7.81. The molecule has 18 heavy (non-hydrogen) atoms. The van der Waals surface area contributed by atoms with E-state index in [9.17, 15) is 0 Å². The van der Waals surface area contributed by atoms with E-state index in [1.807, 2.05) is 19.4 Å². The van der Waals surface area contributed by atoms with Crippen molar-refractivity contribution in [2.75, 3.05) is 6.61 Å². The summed E-state index contributed by atoms with van der Waals surface area (Å²) in [5.41, 5.74) is 2.91. The van der Waals surface area contributed by atoms with Crippen molar-refractivity contribution in [3.63, 3.8) is 0 Å². The van der Waals surface area contributed by atoms with Crippen LogP contribution in [-0.4, -0.2) is 28.3 Å². The Labute approximate surface area is 109 Å². The lowest BCUT2D eigenvalue weighted by Crippen LogP contribution is -2.39. The van der Waals surface area contributed by atoms with Crippen molar-refractivity contribution in [1.29, 1.82) is 0 Å². The molecule has 2 rings (SSSR count). The van der Waals surface area contributed by atoms with E-state index in [0.717, 1.165) is 31.7 Å². The van der Waals surface area contributed by atoms with Crippen LogP contribution in [0.1, 0.15) is 37.9 Å². The summed E-state index contributed by atoms with van der Waals surface area (Å²) in [6.45, 7) is 0.904. The third-order valence-electron chi connectivity index (χ3n) is 3.69. The van der Waals surface area contributed by atoms with Crippen LogP contribution in [0.5, 0.6) is 0 Å². The van der Waals surface area contributed by atoms with E-state index in [-0.39, 0.29) is 0 Å². The second-order valence-electron chi connectivity index (χ2n) is 5.08. The third-order valence-corrected chi connectivity index (χ3v) is 3.69. The van der Waals surface area contributed by atoms with Gasteiger partial charge in [0.05, 0.1) is 6.10 Å². The molecule has 5 heteroatoms. The molecule has 0 spiro atoms. The highest BCUT2D eigenvalue weighted by Crippen LogP contribution is 2.18. The molecule has 0 bridgehead atoms. The smallest absolute Gasteiger partial charge is 0.108 e. The van der Waals surface area contributed by atoms with Crippen molar-refractivity contribution in [3.05, 3.63) is 18.2 Å². The second kappa shape index (κ2) is 6.87. The zero-order chi connectivity index (χ0) is 12.8. The Kier molecular flexibility index (Phi) is 5.16. The zero-order valence-corrected chi connectivity index (χ0v) is 11.1. The topological polar surface area (TPSA) is 65.1 Å². The number of rotatable bonds is 6. The summed E-state index contributed by atoms with van der Waals surface area (Å²) in [5, 5.41) is 0. The average Bonchev–Trinajstić information content (AvgIpc) is 2.81. The van der Waals surface area contributed by atoms with E-state index in [1.165, 1.54) is 19.3 Å². The Morgan fingerprint density at radius 3 is 3.11 bits per heavy atom. The standard InChI is InChI=1S/C13H24N4O/c1-17-8-7-15-13(17)6-5-11(16-14)10-12-4-2-3-9-18-12/h7-8,11-12,16H,2-6,9-10,14H2,1H3. The number of ether oxygens (including phenoxy) is 1. The van der Waals surface area contributed by atoms with Gasteiger partial charge in [-0.3, -0.25) is 11.3 Å². The number of nitrogens with two attached hydrogens (primary N) is 1. The molecule has 2 heterocycles. The lowest BCUT2D eigenvalue weighted by molar-refractivity contribution is 0.00468. The summed E-state index contributed by atoms with van der Waals surface area (Å²) in [7, 11) is 2.03. The Morgan fingerprint density at radius 1 is 1.61 bits per heavy atom. The van der Waals surface area contributed by atoms with Crippen LogP contribution in [0.2, 0.25) is 0 Å². The van der Waals surface area contributed by atoms with Crippen molar-refractivity contribution >= 4 is 0 Å². The van der Waals surface area contributed by atoms with Crippen molar-refractivity contribution in [2.45, 2.75) is 50.7 Å². The quantitative estimate of drug-likeness (QED) is 0.589. The first-order chi connectivity index (χ1) is 8.79. The summed E-state index contributed by atoms with van der Waals surface area (Å²) in [5.74, 6) is 6.75. The molecule has 0 radical (unpaired) electrons. The first-order valence-electron chi connectivity index (χ1n) is 6.83. The predicted molar refractivity (Wildman–Crippen MR) is 70.8 cm³/mol. The van der Waals surface area contributed by atoms with Crippen LogP contribution in [0.4, 0.5) is 0 Å². The van der Waals surface area contributed by atoms with Crippen LogP contribution < -0.4 is 11.3 Å². The fourth-order valence-electron chi connectivity index (χ4n) is 2.52. The van der Waals surface area contributed by atoms with Gasteiger partial charge in [-0.25, -0.2) is 4.98 Å². The lowest BCUT2D eigenvalue weighted by Gasteiger charge is -2.26. The van der Waals surface area contributed by atoms with Gasteiger partial charge in [-0.05, 0) is 32.1 Å². The van der Waals surface area contributed by atoms with Gasteiger partial charge < -0.3 is 9.30 Å². The van der Waals surface area contributed by atoms with E-state index in [0.29, 0.717) is 12.1 Å². The van der Waals surface area contributed by atoms with Gasteiger partial charge in [-0.15, -0.1) is 0 Å². The highest BCUT2D eigenvalue weighted by atomic mass is 16.5. The highest BCUT2D eigenvalue weighted by molar-refractivity contribution is 4.92. The van der Waals surface area contributed by atoms with Crippen molar-refractivity contribution in [3.8, 4) is 0 Å². The average molecular weight is 252 g/mol. The molecule has 0 aromatic carbocycles. The van der Waals surface area contributed by atoms with E-state index in [1.54, 1.807) is 0 Å². The predicted octanol–water partition coefficient (Wildman–Crippen LogP) is 1.14. The molecule has 3 N–H and O–H groups in total. The van der Waals surface area contributed by atoms with E-state index >= 15 is 0 Å². The third kappa shape index (κ3) is 3.80. The van der Waals surface area contributed by atoms with Gasteiger partial charge >= 0.3 is 0 Å². The van der Waals surface area contributed by atoms with E-state index in [4.69, 9.17) is 10.6 Å². The number of nitrogens with one attached hydrogen (secondary N) is 1. The number of hydrogen-bond acceptors (Lipinski definition) is 4. The molecule has 102 valence electrons. The number of imidazole rings is 1. The van der Waals surface area contributed by atoms with Crippen LogP contribution in [0.3, 0.4) is 0 Å². The van der Waals surface area contributed by atoms with Crippen molar-refractivity contribution < 1.29 is 4.74 Å². The Bertz CT molecular complexity index is 347. The summed E-state index contributed by atoms with van der Waals surface area (Å²) >= 11 is 0. The maximum atomic E-state index is 5.75. The van der Waals surface area contributed by atoms with Gasteiger partial charge in [-0.1, -0.05) is 0 Å². The monoisotopic (exact) mass is 252 g/mol. The number of nitrogens with zero attached hydrogens (tertiary/aromatic N) is 2. The summed E-state index contributed by atoms with van der Waals surface area (Å²) in [6, 6.07) is 0.310. The molecular formula is C13H24N4O. The number of aromatic nitrogens is 2. The molecule has 1 saturated heterocycles. The number of aryl methyl sites for hydroxylation is 2. The van der Waals surface area contributed by atoms with Crippen LogP contribution in [0.25, 0.3) is 0 Å². The van der Waals surface area contributed by atoms with Crippen LogP contribution >= 0.6 is 0 Å². The van der Waals surface area contributed by atoms with Crippen LogP contribution in [0.15, 0.2) is 12.4 Å². The number of hydrogen-bond donors (Lipinski definition) is 2. The fourth-order valence-corrected chi connectivity index (χ4v) is 2.52. The molecule has 1 aromatic heterocycles. The molecule has 5 nitrogen and oxygen atoms in total. The Hall–Kier alpha value is -0.910. The Balaban J connectivity index is 1.76. The minimum Gasteiger partial charge on any atom is -0.378 e. The van der Waals surface area contributed by atoms with Gasteiger partial charge in [0.2, 0.25) is 0 Å². The lowest BCUT2D eigenvalue weighted by atomic mass is 9.99. The molecule has 1 fully saturated rings. The molecule has 0 amide bonds. The maximum Gasteiger partial charge on any atom is 0.108 e. The summed E-state index contributed by atoms with van der Waals surface area (Å²) in [6.07, 6.45) is 10.8. The highest BCUT2D eigenvalue weighted by Gasteiger charge is 2.19. The van der Waals surface area contributed by atoms with E-state index < -0.39 is 0 Å². The van der Waals surface area contributed by atoms with E-state index in [2.05, 4.69) is 15.0 Å². The van der Waals surface area contributed by atoms with Crippen LogP contribution in [0, 0.1) is 0 Å². The molecular weight excluding hydrogens is 228 g/mol. The largest absolute Gasteiger partial charge is 0.378 e. The Morgan fingerprint density at radius 2 is 2.50 bits per heavy atom. The van der Waals surface area contributed by atoms with Crippen LogP contribution in [-0.2, 0) is 18.2 Å². The molecule has 0 saturated carbocycles. The molecule has 1 aliphatic rings. The molecule has 2 atom stereocenters. The second-order valence-corrected chi connectivity index (χ2v) is 5.08. The molecule has 1 aliphatic heterocycles. The van der Waals surface area contributed by atoms with Gasteiger partial charge in [0.1, 0.15) is 5.82 Å². The molecule has 1 aromatic rings. The molecule has 0 aliphatic carbocycles. The normalized spacial score (nSPS) is 22.0. The van der Waals surface area contributed by atoms with Gasteiger partial charge in [-0.2, -0.15) is 0 Å². The first kappa shape index (κ1) is 13.5. The first-order valence-corrected chi connectivity index (χ1v) is 6.83. The van der Waals surface area contributed by atoms with Gasteiger partial charge in [0.25, 0.3) is 0 Å². The maximum absolute atomic E-state index is 5.75. The minimum atomic E-state index is 0.310. The molecule has 2 unspecified atom stereocenters. The van der Waals surface area contributed by atoms with Crippen molar-refractivity contribution in [1.82, 2.24) is 15.0 Å². The SMILES string of the molecule is Cn1ccnc1CCC(CC1CCCCO1)NN. The zero-order valence-electron chi connectivity index (χ0n) is 11.1. The summed E-state index contributed by atoms with van der Waals surface area (Å²) in [4.78, 5) is 4.33.